The van der Waals surface area contributed by atoms with Crippen LogP contribution in [0.15, 0.2) is 0 Å². The van der Waals surface area contributed by atoms with Crippen molar-refractivity contribution in [1.29, 1.82) is 42.1 Å². The molecule has 26 nitrogen and oxygen atoms in total. The van der Waals surface area contributed by atoms with Crippen molar-refractivity contribution >= 4 is 70.4 Å². The first-order valence-corrected chi connectivity index (χ1v) is 38.3. The van der Waals surface area contributed by atoms with E-state index in [1.54, 1.807) is 0 Å². The van der Waals surface area contributed by atoms with Gasteiger partial charge in [0.1, 0.15) is 0 Å². The molecule has 7 heterocycles. The molecular weight excluding hydrogens is 1160 g/mol. The van der Waals surface area contributed by atoms with Crippen molar-refractivity contribution in [3.8, 4) is 48.6 Å². The molecule has 7 fully saturated rings. The fourth-order valence-electron chi connectivity index (χ4n) is 7.56. The molecule has 0 aromatic heterocycles. The summed E-state index contributed by atoms with van der Waals surface area (Å²) in [5.41, 5.74) is 0. The van der Waals surface area contributed by atoms with Crippen molar-refractivity contribution in [2.45, 2.75) is 99.7 Å². The van der Waals surface area contributed by atoms with Crippen LogP contribution in [0, 0.1) is 90.6 Å². The van der Waals surface area contributed by atoms with Crippen molar-refractivity contribution in [1.82, 2.24) is 0 Å². The fourth-order valence-corrected chi connectivity index (χ4v) is 56.4. The van der Waals surface area contributed by atoms with Crippen LogP contribution < -0.4 is 62.9 Å². The summed E-state index contributed by atoms with van der Waals surface area (Å²) < 4.78 is 116. The van der Waals surface area contributed by atoms with Crippen molar-refractivity contribution in [2.75, 3.05) is 79.3 Å². The predicted octanol–water partition coefficient (Wildman–Crippen LogP) is -2.82. The van der Waals surface area contributed by atoms with Gasteiger partial charge in [-0.3, -0.25) is 0 Å². The number of rotatable bonds is 16. The summed E-state index contributed by atoms with van der Waals surface area (Å²) in [7, 11) is -36.1. The second-order valence-corrected chi connectivity index (χ2v) is 40.4. The van der Waals surface area contributed by atoms with E-state index in [9.17, 15) is 42.1 Å². The summed E-state index contributed by atoms with van der Waals surface area (Å²) in [6.07, 6.45) is -1.56. The fraction of sp³-hybridized carbons (Fsp3) is 0.778. The molecule has 72 heavy (non-hydrogen) atoms. The Morgan fingerprint density at radius 2 is 0.319 bits per heavy atom. The molecule has 0 radical (unpaired) electrons. The van der Waals surface area contributed by atoms with E-state index in [0.717, 1.165) is 0 Å². The Kier molecular flexibility index (Phi) is 29.2. The van der Waals surface area contributed by atoms with Crippen LogP contribution >= 0.6 is 0 Å². The molecule has 36 heteroatoms. The summed E-state index contributed by atoms with van der Waals surface area (Å²) in [4.78, 5) is 0. The van der Waals surface area contributed by atoms with Crippen molar-refractivity contribution in [3.63, 3.8) is 0 Å². The summed E-state index contributed by atoms with van der Waals surface area (Å²) in [6.45, 7) is 7.04. The van der Waals surface area contributed by atoms with E-state index < -0.39 is 70.4 Å². The molecular formula is C36H56FN8O18RbSi8. The number of nitriles is 8. The molecule has 0 N–H and O–H groups in total. The smallest absolute Gasteiger partial charge is 1.00 e. The van der Waals surface area contributed by atoms with Gasteiger partial charge in [-0.15, -0.1) is 0 Å². The quantitative estimate of drug-likeness (QED) is 0.141. The first-order valence-electron chi connectivity index (χ1n) is 22.8. The molecule has 8 bridgehead atoms. The van der Waals surface area contributed by atoms with Gasteiger partial charge in [-0.2, -0.15) is 42.1 Å². The van der Waals surface area contributed by atoms with Crippen molar-refractivity contribution < 1.29 is 141 Å². The summed E-state index contributed by atoms with van der Waals surface area (Å²) in [6, 6.07) is 14.8. The molecule has 0 aliphatic carbocycles. The minimum Gasteiger partial charge on any atom is -1.00 e. The van der Waals surface area contributed by atoms with Gasteiger partial charge in [-0.05, 0) is 0 Å². The SMILES string of the molecule is C1COCCOCCOCCOCCOCCO1.N#CCC[Si]12O[Si]3(CCC#N)O[Si]4(CCC#N)O[Si](CCC#N)(O1)O[Si]1(CCC#N)O[Si](CCC#N)(O2)O[Si](CCC#N)(O3)O[Si](CCC#N)(O4)O1.[F-].[Rb+]. The normalized spacial score (nSPS) is 34.6. The van der Waals surface area contributed by atoms with E-state index in [4.69, 9.17) is 77.8 Å². The van der Waals surface area contributed by atoms with Gasteiger partial charge in [0.2, 0.25) is 0 Å². The molecule has 0 spiro atoms. The van der Waals surface area contributed by atoms with Crippen LogP contribution in [0.25, 0.3) is 0 Å². The molecule has 0 unspecified atom stereocenters. The van der Waals surface area contributed by atoms with E-state index in [2.05, 4.69) is 48.6 Å². The third-order valence-electron chi connectivity index (χ3n) is 10.3. The summed E-state index contributed by atoms with van der Waals surface area (Å²) >= 11 is 0. The van der Waals surface area contributed by atoms with E-state index in [1.165, 1.54) is 0 Å². The Hall–Kier alpha value is -1.33. The average Bonchev–Trinajstić information content (AvgIpc) is 3.31. The van der Waals surface area contributed by atoms with Gasteiger partial charge in [-0.1, -0.05) is 0 Å². The monoisotopic (exact) mass is 1220 g/mol. The predicted molar refractivity (Wildman–Crippen MR) is 244 cm³/mol. The largest absolute Gasteiger partial charge is 1.00 e. The van der Waals surface area contributed by atoms with Crippen LogP contribution in [-0.4, -0.2) is 150 Å². The molecule has 0 atom stereocenters. The van der Waals surface area contributed by atoms with Gasteiger partial charge in [-0.25, -0.2) is 0 Å². The minimum absolute atomic E-state index is 0. The second kappa shape index (κ2) is 32.4. The molecule has 0 aromatic rings. The number of hydrogen-bond donors (Lipinski definition) is 0. The molecule has 0 saturated carbocycles. The maximum absolute atomic E-state index is 9.83. The van der Waals surface area contributed by atoms with E-state index in [1.807, 2.05) is 0 Å². The zero-order chi connectivity index (χ0) is 50.2. The van der Waals surface area contributed by atoms with Crippen molar-refractivity contribution in [2.24, 2.45) is 0 Å². The first kappa shape index (κ1) is 65.0. The molecule has 0 amide bonds. The number of halogens is 1. The topological polar surface area (TPSA) is 356 Å². The molecule has 7 aliphatic heterocycles. The number of ether oxygens (including phenoxy) is 6. The van der Waals surface area contributed by atoms with Crippen LogP contribution in [0.4, 0.5) is 0 Å². The number of nitrogens with zero attached hydrogens (tertiary/aromatic N) is 8. The van der Waals surface area contributed by atoms with E-state index in [-0.39, 0.29) is 163 Å². The van der Waals surface area contributed by atoms with Crippen LogP contribution in [0.1, 0.15) is 51.4 Å². The van der Waals surface area contributed by atoms with Gasteiger partial charge in [0, 0.05) is 99.7 Å². The molecule has 7 saturated heterocycles. The Morgan fingerprint density at radius 3 is 0.403 bits per heavy atom. The average molecular weight is 1220 g/mol. The van der Waals surface area contributed by atoms with E-state index >= 15 is 0 Å². The van der Waals surface area contributed by atoms with Gasteiger partial charge < -0.3 is 82.5 Å². The maximum atomic E-state index is 9.83. The van der Waals surface area contributed by atoms with Crippen LogP contribution in [0.5, 0.6) is 0 Å². The maximum Gasteiger partial charge on any atom is 1.00 e. The summed E-state index contributed by atoms with van der Waals surface area (Å²) in [5, 5.41) is 78.6. The standard InChI is InChI=1S/C24H32N8O12Si8.C12H24O6.FH.Rb/c25-9-1-17-45-33-46(18-2-10-26)36-49(21-5-13-29)38-47(34-45,19-3-11-27)40-51(23-7-15-31)41-48(35-45,20-4-12-28)39-50(37-46,22-6-14-30)43-52(42-49,44-51)24-8-16-32;1-2-14-5-6-16-9-10-18-12-11-17-8-7-15-4-3-13-1;;/h1-8,17-24H2;1-12H2;1H;/q;;;+1/p-1. The number of hydrogen-bond acceptors (Lipinski definition) is 26. The van der Waals surface area contributed by atoms with Gasteiger partial charge in [0.15, 0.2) is 0 Å². The van der Waals surface area contributed by atoms with Gasteiger partial charge in [0.25, 0.3) is 0 Å². The Bertz CT molecular complexity index is 1560. The van der Waals surface area contributed by atoms with Crippen LogP contribution in [0.3, 0.4) is 0 Å². The Balaban J connectivity index is 0.000000580. The van der Waals surface area contributed by atoms with E-state index in [0.29, 0.717) is 79.3 Å². The van der Waals surface area contributed by atoms with Crippen LogP contribution in [0.2, 0.25) is 48.4 Å². The summed E-state index contributed by atoms with van der Waals surface area (Å²) in [5.74, 6) is 0. The Labute approximate surface area is 476 Å². The molecule has 388 valence electrons. The van der Waals surface area contributed by atoms with Gasteiger partial charge >= 0.3 is 129 Å². The zero-order valence-electron chi connectivity index (χ0n) is 40.1. The minimum atomic E-state index is -4.52. The van der Waals surface area contributed by atoms with Crippen LogP contribution in [-0.2, 0) is 77.8 Å². The second-order valence-electron chi connectivity index (χ2n) is 15.6. The third-order valence-corrected chi connectivity index (χ3v) is 47.1. The zero-order valence-corrected chi connectivity index (χ0v) is 53.0. The Morgan fingerprint density at radius 1 is 0.222 bits per heavy atom. The first-order chi connectivity index (χ1) is 34.0. The molecule has 0 aromatic carbocycles. The van der Waals surface area contributed by atoms with Crippen molar-refractivity contribution in [3.05, 3.63) is 0 Å². The third kappa shape index (κ3) is 19.0. The molecule has 7 rings (SSSR count). The molecule has 7 aliphatic rings. The van der Waals surface area contributed by atoms with Gasteiger partial charge in [0.05, 0.1) is 128 Å².